The largest absolute Gasteiger partial charge is 0.444 e. The standard InChI is InChI=1S/C8H11F5O5S.Na/c1-6(2,3)5(14)18-4(7(9,10)11)8(12,13)19(15,16)17;/h4H,1-3H3,(H,15,16,17);. The van der Waals surface area contributed by atoms with E-state index in [1.54, 1.807) is 0 Å². The molecule has 0 aliphatic heterocycles. The molecule has 20 heavy (non-hydrogen) atoms. The summed E-state index contributed by atoms with van der Waals surface area (Å²) in [6.07, 6.45) is -10.2. The van der Waals surface area contributed by atoms with Gasteiger partial charge in [0.15, 0.2) is 0 Å². The first-order valence-corrected chi connectivity index (χ1v) is 6.08. The predicted molar refractivity (Wildman–Crippen MR) is 57.6 cm³/mol. The molecule has 0 aromatic carbocycles. The summed E-state index contributed by atoms with van der Waals surface area (Å²) in [4.78, 5) is 11.2. The zero-order valence-electron chi connectivity index (χ0n) is 11.0. The fraction of sp³-hybridized carbons (Fsp3) is 0.875. The topological polar surface area (TPSA) is 80.7 Å². The van der Waals surface area contributed by atoms with Gasteiger partial charge in [-0.3, -0.25) is 9.35 Å². The van der Waals surface area contributed by atoms with Crippen molar-refractivity contribution in [2.24, 2.45) is 5.41 Å². The predicted octanol–water partition coefficient (Wildman–Crippen LogP) is 1.61. The molecule has 0 saturated heterocycles. The molecule has 0 bridgehead atoms. The van der Waals surface area contributed by atoms with Gasteiger partial charge >= 0.3 is 27.5 Å². The molecule has 1 N–H and O–H groups in total. The number of hydrogen-bond acceptors (Lipinski definition) is 4. The van der Waals surface area contributed by atoms with Gasteiger partial charge in [-0.2, -0.15) is 30.4 Å². The van der Waals surface area contributed by atoms with Crippen molar-refractivity contribution in [1.82, 2.24) is 0 Å². The summed E-state index contributed by atoms with van der Waals surface area (Å²) in [6, 6.07) is 0. The van der Waals surface area contributed by atoms with Crippen molar-refractivity contribution >= 4 is 45.6 Å². The second-order valence-corrected chi connectivity index (χ2v) is 6.11. The van der Waals surface area contributed by atoms with Gasteiger partial charge in [0, 0.05) is 29.6 Å². The van der Waals surface area contributed by atoms with E-state index < -0.39 is 39.0 Å². The first-order valence-electron chi connectivity index (χ1n) is 4.64. The van der Waals surface area contributed by atoms with E-state index in [4.69, 9.17) is 4.55 Å². The van der Waals surface area contributed by atoms with Crippen LogP contribution in [0.15, 0.2) is 0 Å². The summed E-state index contributed by atoms with van der Waals surface area (Å²) in [6.45, 7) is 3.23. The van der Waals surface area contributed by atoms with Crippen LogP contribution in [0.4, 0.5) is 22.0 Å². The number of alkyl halides is 5. The van der Waals surface area contributed by atoms with Gasteiger partial charge in [0.2, 0.25) is 0 Å². The molecule has 1 atom stereocenters. The Hall–Kier alpha value is 0.0300. The minimum absolute atomic E-state index is 0. The first-order chi connectivity index (χ1) is 8.01. The molecule has 0 aliphatic carbocycles. The Morgan fingerprint density at radius 1 is 1.10 bits per heavy atom. The molecule has 115 valence electrons. The van der Waals surface area contributed by atoms with Crippen LogP contribution in [-0.2, 0) is 19.6 Å². The Morgan fingerprint density at radius 3 is 1.65 bits per heavy atom. The number of esters is 1. The van der Waals surface area contributed by atoms with E-state index in [9.17, 15) is 35.2 Å². The molecule has 0 amide bonds. The van der Waals surface area contributed by atoms with Gasteiger partial charge in [0.1, 0.15) is 0 Å². The Bertz CT molecular complexity index is 453. The van der Waals surface area contributed by atoms with Crippen molar-refractivity contribution in [3.8, 4) is 0 Å². The smallest absolute Gasteiger partial charge is 0.432 e. The SMILES string of the molecule is CC(C)(C)C(=O)OC(C(F)(F)F)C(F)(F)S(=O)(=O)O.[Na]. The number of halogens is 5. The second kappa shape index (κ2) is 6.42. The molecule has 0 heterocycles. The van der Waals surface area contributed by atoms with E-state index in [-0.39, 0.29) is 29.6 Å². The van der Waals surface area contributed by atoms with Crippen LogP contribution in [-0.4, -0.2) is 66.0 Å². The molecule has 0 rings (SSSR count). The van der Waals surface area contributed by atoms with Crippen molar-refractivity contribution in [3.63, 3.8) is 0 Å². The maximum atomic E-state index is 13.0. The van der Waals surface area contributed by atoms with Gasteiger partial charge in [-0.05, 0) is 20.8 Å². The van der Waals surface area contributed by atoms with E-state index in [2.05, 4.69) is 4.74 Å². The van der Waals surface area contributed by atoms with Gasteiger partial charge in [-0.15, -0.1) is 0 Å². The molecular formula is C8H11F5NaO5S. The van der Waals surface area contributed by atoms with Crippen molar-refractivity contribution in [2.45, 2.75) is 38.3 Å². The average molecular weight is 337 g/mol. The zero-order chi connectivity index (χ0) is 15.9. The molecule has 0 fully saturated rings. The van der Waals surface area contributed by atoms with Gasteiger partial charge in [0.05, 0.1) is 5.41 Å². The third kappa shape index (κ3) is 5.43. The van der Waals surface area contributed by atoms with Crippen LogP contribution in [0, 0.1) is 5.41 Å². The van der Waals surface area contributed by atoms with Crippen LogP contribution in [0.3, 0.4) is 0 Å². The molecule has 12 heteroatoms. The number of hydrogen-bond donors (Lipinski definition) is 1. The van der Waals surface area contributed by atoms with E-state index in [0.29, 0.717) is 0 Å². The monoisotopic (exact) mass is 337 g/mol. The summed E-state index contributed by atoms with van der Waals surface area (Å²) in [5.74, 6) is -1.70. The third-order valence-corrected chi connectivity index (χ3v) is 2.69. The van der Waals surface area contributed by atoms with E-state index >= 15 is 0 Å². The first kappa shape index (κ1) is 22.3. The van der Waals surface area contributed by atoms with Crippen LogP contribution in [0.25, 0.3) is 0 Å². The number of carbonyl (C=O) groups excluding carboxylic acids is 1. The van der Waals surface area contributed by atoms with Gasteiger partial charge in [0.25, 0.3) is 6.10 Å². The molecule has 0 spiro atoms. The number of ether oxygens (including phenoxy) is 1. The Kier molecular flexibility index (Phi) is 7.17. The van der Waals surface area contributed by atoms with Crippen LogP contribution in [0.1, 0.15) is 20.8 Å². The van der Waals surface area contributed by atoms with Crippen molar-refractivity contribution in [2.75, 3.05) is 0 Å². The van der Waals surface area contributed by atoms with Crippen molar-refractivity contribution < 1.29 is 44.5 Å². The third-order valence-electron chi connectivity index (χ3n) is 1.78. The van der Waals surface area contributed by atoms with Gasteiger partial charge in [-0.25, -0.2) is 0 Å². The molecular weight excluding hydrogens is 326 g/mol. The number of carbonyl (C=O) groups is 1. The zero-order valence-corrected chi connectivity index (χ0v) is 13.8. The molecule has 1 unspecified atom stereocenters. The molecule has 0 saturated carbocycles. The summed E-state index contributed by atoms with van der Waals surface area (Å²) >= 11 is 0. The van der Waals surface area contributed by atoms with Crippen molar-refractivity contribution in [1.29, 1.82) is 0 Å². The van der Waals surface area contributed by atoms with Crippen LogP contribution in [0.2, 0.25) is 0 Å². The summed E-state index contributed by atoms with van der Waals surface area (Å²) < 4.78 is 95.3. The minimum Gasteiger partial charge on any atom is -0.444 e. The Labute approximate surface area is 133 Å². The van der Waals surface area contributed by atoms with Crippen molar-refractivity contribution in [3.05, 3.63) is 0 Å². The van der Waals surface area contributed by atoms with Gasteiger partial charge < -0.3 is 4.74 Å². The van der Waals surface area contributed by atoms with Crippen LogP contribution >= 0.6 is 0 Å². The quantitative estimate of drug-likeness (QED) is 0.366. The average Bonchev–Trinajstić information content (AvgIpc) is 2.07. The maximum Gasteiger partial charge on any atom is 0.432 e. The summed E-state index contributed by atoms with van der Waals surface area (Å²) in [5.41, 5.74) is -1.57. The summed E-state index contributed by atoms with van der Waals surface area (Å²) in [5, 5.41) is -5.70. The minimum atomic E-state index is -6.41. The van der Waals surface area contributed by atoms with Crippen LogP contribution < -0.4 is 0 Å². The van der Waals surface area contributed by atoms with E-state index in [1.807, 2.05) is 0 Å². The van der Waals surface area contributed by atoms with E-state index in [0.717, 1.165) is 20.8 Å². The van der Waals surface area contributed by atoms with E-state index in [1.165, 1.54) is 0 Å². The molecule has 1 radical (unpaired) electrons. The normalized spacial score (nSPS) is 15.2. The Morgan fingerprint density at radius 2 is 1.45 bits per heavy atom. The van der Waals surface area contributed by atoms with Gasteiger partial charge in [-0.1, -0.05) is 0 Å². The fourth-order valence-corrected chi connectivity index (χ4v) is 1.20. The fourth-order valence-electron chi connectivity index (χ4n) is 0.745. The second-order valence-electron chi connectivity index (χ2n) is 4.61. The molecule has 0 aromatic rings. The molecule has 0 aromatic heterocycles. The summed E-state index contributed by atoms with van der Waals surface area (Å²) in [7, 11) is -6.41. The number of rotatable bonds is 3. The molecule has 0 aliphatic rings. The maximum absolute atomic E-state index is 13.0. The van der Waals surface area contributed by atoms with Crippen LogP contribution in [0.5, 0.6) is 0 Å². The molecule has 5 nitrogen and oxygen atoms in total. The Balaban J connectivity index is 0.